The van der Waals surface area contributed by atoms with Gasteiger partial charge in [0.15, 0.2) is 0 Å². The molecule has 17 heavy (non-hydrogen) atoms. The molecule has 0 fully saturated rings. The van der Waals surface area contributed by atoms with Gasteiger partial charge in [-0.1, -0.05) is 5.16 Å². The van der Waals surface area contributed by atoms with Gasteiger partial charge in [-0.05, 0) is 40.2 Å². The Morgan fingerprint density at radius 3 is 2.71 bits per heavy atom. The summed E-state index contributed by atoms with van der Waals surface area (Å²) in [5.74, 6) is 0.108. The van der Waals surface area contributed by atoms with E-state index in [0.717, 1.165) is 30.0 Å². The average molecular weight is 240 g/mol. The fourth-order valence-corrected chi connectivity index (χ4v) is 1.93. The molecule has 0 aliphatic rings. The van der Waals surface area contributed by atoms with Gasteiger partial charge in [0.2, 0.25) is 0 Å². The fraction of sp³-hybridized carbons (Fsp3) is 0.667. The molecule has 0 spiro atoms. The molecular formula is C12H20N2O3. The molecule has 1 rings (SSSR count). The SMILES string of the molecule is Cc1noc(C)c1C(C)NCCCCC(=O)O. The summed E-state index contributed by atoms with van der Waals surface area (Å²) in [5, 5.41) is 15.8. The lowest BCUT2D eigenvalue weighted by Gasteiger charge is -2.13. The van der Waals surface area contributed by atoms with Crippen LogP contribution in [0.2, 0.25) is 0 Å². The second kappa shape index (κ2) is 6.39. The van der Waals surface area contributed by atoms with Crippen LogP contribution in [-0.2, 0) is 4.79 Å². The van der Waals surface area contributed by atoms with E-state index in [9.17, 15) is 4.79 Å². The Morgan fingerprint density at radius 1 is 1.47 bits per heavy atom. The number of aliphatic carboxylic acids is 1. The predicted molar refractivity (Wildman–Crippen MR) is 63.9 cm³/mol. The van der Waals surface area contributed by atoms with E-state index in [1.807, 2.05) is 13.8 Å². The van der Waals surface area contributed by atoms with E-state index in [1.54, 1.807) is 0 Å². The molecule has 96 valence electrons. The monoisotopic (exact) mass is 240 g/mol. The number of carboxylic acid groups (broad SMARTS) is 1. The summed E-state index contributed by atoms with van der Waals surface area (Å²) >= 11 is 0. The van der Waals surface area contributed by atoms with Gasteiger partial charge in [-0.2, -0.15) is 0 Å². The number of carbonyl (C=O) groups is 1. The van der Waals surface area contributed by atoms with Crippen LogP contribution in [0.1, 0.15) is 49.2 Å². The summed E-state index contributed by atoms with van der Waals surface area (Å²) in [6.45, 7) is 6.69. The third-order valence-electron chi connectivity index (χ3n) is 2.79. The minimum atomic E-state index is -0.733. The van der Waals surface area contributed by atoms with Gasteiger partial charge in [0.25, 0.3) is 0 Å². The van der Waals surface area contributed by atoms with E-state index >= 15 is 0 Å². The smallest absolute Gasteiger partial charge is 0.303 e. The molecule has 1 atom stereocenters. The number of aryl methyl sites for hydroxylation is 2. The number of nitrogens with one attached hydrogen (secondary N) is 1. The van der Waals surface area contributed by atoms with Crippen LogP contribution in [0.4, 0.5) is 0 Å². The lowest BCUT2D eigenvalue weighted by atomic mass is 10.1. The normalized spacial score (nSPS) is 12.6. The third kappa shape index (κ3) is 4.19. The van der Waals surface area contributed by atoms with Crippen molar-refractivity contribution in [2.75, 3.05) is 6.54 Å². The van der Waals surface area contributed by atoms with Gasteiger partial charge >= 0.3 is 5.97 Å². The summed E-state index contributed by atoms with van der Waals surface area (Å²) in [6.07, 6.45) is 1.80. The maximum absolute atomic E-state index is 10.3. The molecule has 1 aromatic heterocycles. The van der Waals surface area contributed by atoms with E-state index in [1.165, 1.54) is 0 Å². The van der Waals surface area contributed by atoms with Crippen molar-refractivity contribution in [2.24, 2.45) is 0 Å². The second-order valence-corrected chi connectivity index (χ2v) is 4.26. The van der Waals surface area contributed by atoms with Crippen LogP contribution < -0.4 is 5.32 Å². The first-order chi connectivity index (χ1) is 8.02. The molecule has 5 heteroatoms. The topological polar surface area (TPSA) is 75.4 Å². The fourth-order valence-electron chi connectivity index (χ4n) is 1.93. The zero-order valence-corrected chi connectivity index (χ0v) is 10.6. The number of carboxylic acids is 1. The van der Waals surface area contributed by atoms with Crippen molar-refractivity contribution in [3.8, 4) is 0 Å². The molecule has 0 aliphatic carbocycles. The van der Waals surface area contributed by atoms with Crippen molar-refractivity contribution in [3.05, 3.63) is 17.0 Å². The number of nitrogens with zero attached hydrogens (tertiary/aromatic N) is 1. The molecule has 1 aromatic rings. The molecule has 5 nitrogen and oxygen atoms in total. The Bertz CT molecular complexity index is 354. The van der Waals surface area contributed by atoms with Crippen LogP contribution in [0, 0.1) is 13.8 Å². The molecular weight excluding hydrogens is 220 g/mol. The van der Waals surface area contributed by atoms with E-state index in [0.29, 0.717) is 6.42 Å². The Hall–Kier alpha value is -1.36. The summed E-state index contributed by atoms with van der Waals surface area (Å²) in [5.41, 5.74) is 2.01. The van der Waals surface area contributed by atoms with Gasteiger partial charge in [-0.15, -0.1) is 0 Å². The molecule has 0 amide bonds. The molecule has 2 N–H and O–H groups in total. The summed E-state index contributed by atoms with van der Waals surface area (Å²) in [6, 6.07) is 0.186. The standard InChI is InChI=1S/C12H20N2O3/c1-8(12-9(2)14-17-10(12)3)13-7-5-4-6-11(15)16/h8,13H,4-7H2,1-3H3,(H,15,16). The first kappa shape index (κ1) is 13.7. The summed E-state index contributed by atoms with van der Waals surface area (Å²) in [4.78, 5) is 10.3. The van der Waals surface area contributed by atoms with Crippen LogP contribution in [0.3, 0.4) is 0 Å². The molecule has 1 unspecified atom stereocenters. The molecule has 0 bridgehead atoms. The van der Waals surface area contributed by atoms with Gasteiger partial charge in [-0.25, -0.2) is 0 Å². The number of rotatable bonds is 7. The second-order valence-electron chi connectivity index (χ2n) is 4.26. The Labute approximate surface area is 101 Å². The molecule has 0 aromatic carbocycles. The van der Waals surface area contributed by atoms with Crippen molar-refractivity contribution in [2.45, 2.75) is 46.1 Å². The van der Waals surface area contributed by atoms with E-state index in [2.05, 4.69) is 17.4 Å². The largest absolute Gasteiger partial charge is 0.481 e. The minimum absolute atomic E-state index is 0.186. The maximum atomic E-state index is 10.3. The quantitative estimate of drug-likeness (QED) is 0.714. The van der Waals surface area contributed by atoms with Crippen molar-refractivity contribution >= 4 is 5.97 Å². The minimum Gasteiger partial charge on any atom is -0.481 e. The highest BCUT2D eigenvalue weighted by atomic mass is 16.5. The van der Waals surface area contributed by atoms with Gasteiger partial charge in [0.1, 0.15) is 5.76 Å². The Balaban J connectivity index is 2.30. The van der Waals surface area contributed by atoms with Crippen LogP contribution >= 0.6 is 0 Å². The van der Waals surface area contributed by atoms with Crippen LogP contribution in [0.5, 0.6) is 0 Å². The lowest BCUT2D eigenvalue weighted by molar-refractivity contribution is -0.137. The highest BCUT2D eigenvalue weighted by Crippen LogP contribution is 2.20. The van der Waals surface area contributed by atoms with Crippen molar-refractivity contribution < 1.29 is 14.4 Å². The lowest BCUT2D eigenvalue weighted by Crippen LogP contribution is -2.20. The number of aromatic nitrogens is 1. The van der Waals surface area contributed by atoms with E-state index in [-0.39, 0.29) is 12.5 Å². The van der Waals surface area contributed by atoms with Crippen LogP contribution in [0.25, 0.3) is 0 Å². The third-order valence-corrected chi connectivity index (χ3v) is 2.79. The summed E-state index contributed by atoms with van der Waals surface area (Å²) < 4.78 is 5.11. The van der Waals surface area contributed by atoms with Crippen LogP contribution in [-0.4, -0.2) is 22.8 Å². The van der Waals surface area contributed by atoms with Gasteiger partial charge in [-0.3, -0.25) is 4.79 Å². The average Bonchev–Trinajstić information content (AvgIpc) is 2.57. The first-order valence-corrected chi connectivity index (χ1v) is 5.90. The molecule has 0 aliphatic heterocycles. The van der Waals surface area contributed by atoms with Gasteiger partial charge in [0.05, 0.1) is 5.69 Å². The van der Waals surface area contributed by atoms with Gasteiger partial charge < -0.3 is 14.9 Å². The highest BCUT2D eigenvalue weighted by molar-refractivity contribution is 5.66. The molecule has 0 radical (unpaired) electrons. The Morgan fingerprint density at radius 2 is 2.18 bits per heavy atom. The van der Waals surface area contributed by atoms with E-state index < -0.39 is 5.97 Å². The first-order valence-electron chi connectivity index (χ1n) is 5.90. The predicted octanol–water partition coefficient (Wildman–Crippen LogP) is 2.20. The Kier molecular flexibility index (Phi) is 5.15. The van der Waals surface area contributed by atoms with Crippen molar-refractivity contribution in [3.63, 3.8) is 0 Å². The maximum Gasteiger partial charge on any atom is 0.303 e. The number of unbranched alkanes of at least 4 members (excludes halogenated alkanes) is 1. The summed E-state index contributed by atoms with van der Waals surface area (Å²) in [7, 11) is 0. The zero-order chi connectivity index (χ0) is 12.8. The molecule has 0 saturated heterocycles. The van der Waals surface area contributed by atoms with E-state index in [4.69, 9.17) is 9.63 Å². The van der Waals surface area contributed by atoms with Crippen molar-refractivity contribution in [1.29, 1.82) is 0 Å². The number of hydrogen-bond acceptors (Lipinski definition) is 4. The van der Waals surface area contributed by atoms with Gasteiger partial charge in [0, 0.05) is 18.0 Å². The number of hydrogen-bond donors (Lipinski definition) is 2. The van der Waals surface area contributed by atoms with Crippen molar-refractivity contribution in [1.82, 2.24) is 10.5 Å². The van der Waals surface area contributed by atoms with Crippen LogP contribution in [0.15, 0.2) is 4.52 Å². The highest BCUT2D eigenvalue weighted by Gasteiger charge is 2.15. The molecule has 0 saturated carbocycles. The molecule has 1 heterocycles. The zero-order valence-electron chi connectivity index (χ0n) is 10.6.